The molecule has 186 valence electrons. The summed E-state index contributed by atoms with van der Waals surface area (Å²) in [5.74, 6) is -2.15. The molecule has 3 N–H and O–H groups in total. The number of hydrogen-bond acceptors (Lipinski definition) is 5. The Labute approximate surface area is 219 Å². The molecule has 0 saturated carbocycles. The third kappa shape index (κ3) is 6.08. The molecule has 1 aliphatic heterocycles. The number of amides is 2. The second-order valence-electron chi connectivity index (χ2n) is 8.50. The van der Waals surface area contributed by atoms with Crippen LogP contribution in [0.15, 0.2) is 101 Å². The highest BCUT2D eigenvalue weighted by Gasteiger charge is 2.36. The van der Waals surface area contributed by atoms with Crippen molar-refractivity contribution < 1.29 is 14.0 Å². The van der Waals surface area contributed by atoms with Crippen molar-refractivity contribution in [1.29, 1.82) is 5.26 Å². The minimum absolute atomic E-state index is 0.0181. The number of carbonyl (C=O) groups excluding carboxylic acids is 2. The molecule has 3 aromatic carbocycles. The predicted octanol–water partition coefficient (Wildman–Crippen LogP) is 5.84. The molecule has 6 nitrogen and oxygen atoms in total. The molecular weight excluding hydrogens is 487 g/mol. The number of carbonyl (C=O) groups is 2. The van der Waals surface area contributed by atoms with E-state index in [1.54, 1.807) is 49.4 Å². The van der Waals surface area contributed by atoms with Gasteiger partial charge in [0, 0.05) is 28.2 Å². The van der Waals surface area contributed by atoms with Gasteiger partial charge in [0.15, 0.2) is 0 Å². The molecule has 37 heavy (non-hydrogen) atoms. The van der Waals surface area contributed by atoms with Gasteiger partial charge >= 0.3 is 0 Å². The zero-order chi connectivity index (χ0) is 26.4. The van der Waals surface area contributed by atoms with Crippen LogP contribution in [0.5, 0.6) is 0 Å². The first kappa shape index (κ1) is 25.7. The number of hydrogen-bond donors (Lipinski definition) is 3. The largest absolute Gasteiger partial charge is 0.353 e. The van der Waals surface area contributed by atoms with Crippen LogP contribution in [0, 0.1) is 24.1 Å². The van der Waals surface area contributed by atoms with E-state index in [4.69, 9.17) is 0 Å². The Balaban J connectivity index is 1.63. The summed E-state index contributed by atoms with van der Waals surface area (Å²) in [7, 11) is 0. The highest BCUT2D eigenvalue weighted by molar-refractivity contribution is 8.03. The Bertz CT molecular complexity index is 1430. The van der Waals surface area contributed by atoms with Crippen molar-refractivity contribution in [3.63, 3.8) is 0 Å². The number of aryl methyl sites for hydroxylation is 1. The summed E-state index contributed by atoms with van der Waals surface area (Å²) in [5, 5.41) is 19.3. The van der Waals surface area contributed by atoms with E-state index in [9.17, 15) is 14.9 Å². The van der Waals surface area contributed by atoms with E-state index in [0.29, 0.717) is 22.1 Å². The average Bonchev–Trinajstić information content (AvgIpc) is 2.89. The number of allylic oxidation sites excluding steroid dienone is 2. The molecule has 1 aliphatic rings. The minimum atomic E-state index is -0.946. The van der Waals surface area contributed by atoms with Gasteiger partial charge in [-0.15, -0.1) is 0 Å². The molecule has 8 heteroatoms. The van der Waals surface area contributed by atoms with Crippen LogP contribution in [0.3, 0.4) is 0 Å². The van der Waals surface area contributed by atoms with Gasteiger partial charge < -0.3 is 16.0 Å². The normalized spacial score (nSPS) is 15.0. The molecule has 1 atom stereocenters. The van der Waals surface area contributed by atoms with Crippen LogP contribution >= 0.6 is 11.8 Å². The molecule has 0 aromatic heterocycles. The minimum Gasteiger partial charge on any atom is -0.353 e. The van der Waals surface area contributed by atoms with Gasteiger partial charge in [-0.1, -0.05) is 65.9 Å². The fraction of sp³-hybridized carbons (Fsp3) is 0.138. The molecule has 1 unspecified atom stereocenters. The summed E-state index contributed by atoms with van der Waals surface area (Å²) in [6.45, 7) is 3.66. The van der Waals surface area contributed by atoms with Crippen LogP contribution in [0.2, 0.25) is 0 Å². The predicted molar refractivity (Wildman–Crippen MR) is 145 cm³/mol. The van der Waals surface area contributed by atoms with Crippen molar-refractivity contribution >= 4 is 35.0 Å². The maximum absolute atomic E-state index is 15.0. The van der Waals surface area contributed by atoms with E-state index in [2.05, 4.69) is 22.0 Å². The lowest BCUT2D eigenvalue weighted by Gasteiger charge is -2.30. The average molecular weight is 513 g/mol. The van der Waals surface area contributed by atoms with Crippen LogP contribution in [0.4, 0.5) is 15.8 Å². The van der Waals surface area contributed by atoms with Crippen molar-refractivity contribution in [2.75, 3.05) is 16.4 Å². The molecule has 0 aliphatic carbocycles. The van der Waals surface area contributed by atoms with Gasteiger partial charge in [0.1, 0.15) is 5.82 Å². The standard InChI is InChI=1S/C29H25FN4O2S/c1-18-12-14-21(15-13-18)33-25(35)17-37-29-23(16-31)27(22-10-6-7-11-24(22)30)26(19(2)32-29)28(36)34-20-8-4-3-5-9-20/h3-15,27,32H,17H2,1-2H3,(H,33,35)(H,34,36). The number of para-hydroxylation sites is 1. The van der Waals surface area contributed by atoms with E-state index in [1.165, 1.54) is 6.07 Å². The fourth-order valence-electron chi connectivity index (χ4n) is 4.04. The number of anilines is 2. The fourth-order valence-corrected chi connectivity index (χ4v) is 4.93. The van der Waals surface area contributed by atoms with Gasteiger partial charge in [-0.05, 0) is 44.2 Å². The first-order valence-electron chi connectivity index (χ1n) is 11.6. The van der Waals surface area contributed by atoms with Crippen molar-refractivity contribution in [3.05, 3.63) is 118 Å². The number of halogens is 1. The zero-order valence-corrected chi connectivity index (χ0v) is 21.2. The molecule has 0 spiro atoms. The summed E-state index contributed by atoms with van der Waals surface area (Å²) in [5.41, 5.74) is 3.41. The third-order valence-electron chi connectivity index (χ3n) is 5.82. The Morgan fingerprint density at radius 2 is 1.59 bits per heavy atom. The van der Waals surface area contributed by atoms with Crippen LogP contribution in [-0.4, -0.2) is 17.6 Å². The Morgan fingerprint density at radius 3 is 2.27 bits per heavy atom. The Kier molecular flexibility index (Phi) is 8.06. The summed E-state index contributed by atoms with van der Waals surface area (Å²) < 4.78 is 15.0. The van der Waals surface area contributed by atoms with Crippen LogP contribution in [-0.2, 0) is 9.59 Å². The summed E-state index contributed by atoms with van der Waals surface area (Å²) in [6.07, 6.45) is 0. The van der Waals surface area contributed by atoms with Crippen molar-refractivity contribution in [2.45, 2.75) is 19.8 Å². The molecule has 2 amide bonds. The molecular formula is C29H25FN4O2S. The van der Waals surface area contributed by atoms with Crippen LogP contribution in [0.1, 0.15) is 24.0 Å². The summed E-state index contributed by atoms with van der Waals surface area (Å²) >= 11 is 1.13. The van der Waals surface area contributed by atoms with Gasteiger partial charge in [-0.3, -0.25) is 9.59 Å². The van der Waals surface area contributed by atoms with E-state index < -0.39 is 17.6 Å². The number of rotatable bonds is 7. The van der Waals surface area contributed by atoms with E-state index in [0.717, 1.165) is 17.3 Å². The molecule has 0 saturated heterocycles. The van der Waals surface area contributed by atoms with Gasteiger partial charge in [0.25, 0.3) is 5.91 Å². The smallest absolute Gasteiger partial charge is 0.254 e. The lowest BCUT2D eigenvalue weighted by molar-refractivity contribution is -0.114. The number of thioether (sulfide) groups is 1. The number of benzene rings is 3. The summed E-state index contributed by atoms with van der Waals surface area (Å²) in [6, 6.07) is 24.6. The molecule has 1 heterocycles. The topological polar surface area (TPSA) is 94.0 Å². The number of nitriles is 1. The monoisotopic (exact) mass is 512 g/mol. The van der Waals surface area contributed by atoms with Gasteiger partial charge in [0.05, 0.1) is 28.3 Å². The molecule has 0 radical (unpaired) electrons. The highest BCUT2D eigenvalue weighted by atomic mass is 32.2. The maximum atomic E-state index is 15.0. The van der Waals surface area contributed by atoms with Crippen molar-refractivity contribution in [1.82, 2.24) is 5.32 Å². The number of nitrogens with zero attached hydrogens (tertiary/aromatic N) is 1. The molecule has 4 rings (SSSR count). The highest BCUT2D eigenvalue weighted by Crippen LogP contribution is 2.41. The second kappa shape index (κ2) is 11.6. The molecule has 3 aromatic rings. The first-order valence-corrected chi connectivity index (χ1v) is 12.6. The van der Waals surface area contributed by atoms with Crippen molar-refractivity contribution in [3.8, 4) is 6.07 Å². The molecule has 0 bridgehead atoms. The Hall–Kier alpha value is -4.35. The van der Waals surface area contributed by atoms with E-state index in [1.807, 2.05) is 37.3 Å². The third-order valence-corrected chi connectivity index (χ3v) is 6.84. The second-order valence-corrected chi connectivity index (χ2v) is 9.48. The van der Waals surface area contributed by atoms with Crippen molar-refractivity contribution in [2.24, 2.45) is 0 Å². The summed E-state index contributed by atoms with van der Waals surface area (Å²) in [4.78, 5) is 26.0. The lowest BCUT2D eigenvalue weighted by Crippen LogP contribution is -2.31. The van der Waals surface area contributed by atoms with Gasteiger partial charge in [-0.2, -0.15) is 5.26 Å². The van der Waals surface area contributed by atoms with Gasteiger partial charge in [0.2, 0.25) is 5.91 Å². The first-order chi connectivity index (χ1) is 17.9. The van der Waals surface area contributed by atoms with Crippen LogP contribution < -0.4 is 16.0 Å². The Morgan fingerprint density at radius 1 is 0.946 bits per heavy atom. The maximum Gasteiger partial charge on any atom is 0.254 e. The quantitative estimate of drug-likeness (QED) is 0.370. The number of dihydropyridines is 1. The lowest BCUT2D eigenvalue weighted by atomic mass is 9.82. The number of nitrogens with one attached hydrogen (secondary N) is 3. The van der Waals surface area contributed by atoms with E-state index >= 15 is 4.39 Å². The van der Waals surface area contributed by atoms with E-state index in [-0.39, 0.29) is 28.4 Å². The SMILES string of the molecule is CC1=C(C(=O)Nc2ccccc2)C(c2ccccc2F)C(C#N)=C(SCC(=O)Nc2ccc(C)cc2)N1. The van der Waals surface area contributed by atoms with Crippen LogP contribution in [0.25, 0.3) is 0 Å². The van der Waals surface area contributed by atoms with Gasteiger partial charge in [-0.25, -0.2) is 4.39 Å². The zero-order valence-electron chi connectivity index (χ0n) is 20.3. The molecule has 0 fully saturated rings.